The summed E-state index contributed by atoms with van der Waals surface area (Å²) in [5.41, 5.74) is 7.92. The third-order valence-corrected chi connectivity index (χ3v) is 4.37. The topological polar surface area (TPSA) is 29.9 Å². The predicted molar refractivity (Wildman–Crippen MR) is 97.2 cm³/mol. The van der Waals surface area contributed by atoms with Gasteiger partial charge in [0.15, 0.2) is 12.4 Å². The Bertz CT molecular complexity index is 591. The van der Waals surface area contributed by atoms with Crippen molar-refractivity contribution in [2.24, 2.45) is 5.73 Å². The van der Waals surface area contributed by atoms with E-state index in [0.29, 0.717) is 0 Å². The number of pyridine rings is 1. The number of hydrogen-bond donors (Lipinski definition) is 1. The Labute approximate surface area is 141 Å². The molecule has 0 spiro atoms. The van der Waals surface area contributed by atoms with E-state index >= 15 is 0 Å². The maximum absolute atomic E-state index is 5.50. The largest absolute Gasteiger partial charge is 0.330 e. The number of halogens is 1. The van der Waals surface area contributed by atoms with Crippen molar-refractivity contribution < 1.29 is 4.57 Å². The number of unbranched alkanes of at least 4 members (excludes halogenated alkanes) is 3. The van der Waals surface area contributed by atoms with Crippen LogP contribution >= 0.6 is 15.9 Å². The van der Waals surface area contributed by atoms with Crippen molar-refractivity contribution in [3.63, 3.8) is 0 Å². The highest BCUT2D eigenvalue weighted by Gasteiger charge is 2.00. The van der Waals surface area contributed by atoms with E-state index in [2.05, 4.69) is 69.3 Å². The Balaban J connectivity index is 1.85. The van der Waals surface area contributed by atoms with E-state index in [4.69, 9.17) is 5.73 Å². The number of hydrogen-bond acceptors (Lipinski definition) is 1. The SMILES string of the molecule is NCCCCCC[n+]1ccc(/C=C/c2ccccc2Br)cc1. The molecular weight excluding hydrogens is 336 g/mol. The molecule has 0 fully saturated rings. The Morgan fingerprint density at radius 3 is 2.36 bits per heavy atom. The number of aromatic nitrogens is 1. The maximum Gasteiger partial charge on any atom is 0.169 e. The fourth-order valence-corrected chi connectivity index (χ4v) is 2.73. The molecule has 0 bridgehead atoms. The smallest absolute Gasteiger partial charge is 0.169 e. The maximum atomic E-state index is 5.50. The summed E-state index contributed by atoms with van der Waals surface area (Å²) in [6.45, 7) is 1.89. The minimum Gasteiger partial charge on any atom is -0.330 e. The number of nitrogens with two attached hydrogens (primary N) is 1. The predicted octanol–water partition coefficient (Wildman–Crippen LogP) is 4.43. The number of rotatable bonds is 8. The Kier molecular flexibility index (Phi) is 7.34. The van der Waals surface area contributed by atoms with Crippen molar-refractivity contribution in [3.8, 4) is 0 Å². The van der Waals surface area contributed by atoms with Crippen LogP contribution < -0.4 is 10.3 Å². The third-order valence-electron chi connectivity index (χ3n) is 3.65. The van der Waals surface area contributed by atoms with Crippen LogP contribution in [0.25, 0.3) is 12.2 Å². The second-order valence-corrected chi connectivity index (χ2v) is 6.28. The highest BCUT2D eigenvalue weighted by atomic mass is 79.9. The van der Waals surface area contributed by atoms with E-state index in [9.17, 15) is 0 Å². The van der Waals surface area contributed by atoms with Gasteiger partial charge in [0.05, 0.1) is 0 Å². The minimum atomic E-state index is 0.811. The zero-order valence-electron chi connectivity index (χ0n) is 12.9. The van der Waals surface area contributed by atoms with E-state index in [-0.39, 0.29) is 0 Å². The standard InChI is InChI=1S/C19H24BrN2/c20-19-8-4-3-7-18(19)10-9-17-11-15-22(16-12-17)14-6-2-1-5-13-21/h3-4,7-12,15-16H,1-2,5-6,13-14,21H2/q+1/b10-9+. The molecule has 2 rings (SSSR count). The summed E-state index contributed by atoms with van der Waals surface area (Å²) in [6, 6.07) is 12.6. The summed E-state index contributed by atoms with van der Waals surface area (Å²) in [7, 11) is 0. The summed E-state index contributed by atoms with van der Waals surface area (Å²) >= 11 is 3.56. The Morgan fingerprint density at radius 1 is 0.909 bits per heavy atom. The summed E-state index contributed by atoms with van der Waals surface area (Å²) < 4.78 is 3.37. The summed E-state index contributed by atoms with van der Waals surface area (Å²) in [5, 5.41) is 0. The van der Waals surface area contributed by atoms with Crippen molar-refractivity contribution in [2.75, 3.05) is 6.54 Å². The number of aryl methyl sites for hydroxylation is 1. The fourth-order valence-electron chi connectivity index (χ4n) is 2.32. The highest BCUT2D eigenvalue weighted by Crippen LogP contribution is 2.18. The molecule has 22 heavy (non-hydrogen) atoms. The second-order valence-electron chi connectivity index (χ2n) is 5.43. The average molecular weight is 360 g/mol. The minimum absolute atomic E-state index is 0.811. The lowest BCUT2D eigenvalue weighted by atomic mass is 10.1. The van der Waals surface area contributed by atoms with E-state index in [1.165, 1.54) is 30.4 Å². The van der Waals surface area contributed by atoms with Gasteiger partial charge in [-0.1, -0.05) is 52.7 Å². The van der Waals surface area contributed by atoms with Gasteiger partial charge in [0.2, 0.25) is 0 Å². The molecule has 0 amide bonds. The first kappa shape index (κ1) is 16.9. The van der Waals surface area contributed by atoms with Gasteiger partial charge in [-0.3, -0.25) is 0 Å². The molecule has 0 aliphatic heterocycles. The molecule has 0 saturated heterocycles. The van der Waals surface area contributed by atoms with Crippen LogP contribution in [0.3, 0.4) is 0 Å². The third kappa shape index (κ3) is 5.74. The lowest BCUT2D eigenvalue weighted by molar-refractivity contribution is -0.697. The molecule has 2 nitrogen and oxygen atoms in total. The molecule has 0 aliphatic rings. The Hall–Kier alpha value is -1.45. The van der Waals surface area contributed by atoms with Crippen LogP contribution in [0.1, 0.15) is 36.8 Å². The number of benzene rings is 1. The van der Waals surface area contributed by atoms with Crippen LogP contribution in [-0.2, 0) is 6.54 Å². The molecule has 3 heteroatoms. The molecule has 0 radical (unpaired) electrons. The van der Waals surface area contributed by atoms with Crippen LogP contribution in [-0.4, -0.2) is 6.54 Å². The first-order valence-corrected chi connectivity index (χ1v) is 8.70. The molecule has 0 unspecified atom stereocenters. The molecular formula is C19H24BrN2+. The molecule has 0 atom stereocenters. The van der Waals surface area contributed by atoms with Gasteiger partial charge >= 0.3 is 0 Å². The quantitative estimate of drug-likeness (QED) is 0.548. The molecule has 1 aromatic heterocycles. The van der Waals surface area contributed by atoms with Gasteiger partial charge in [-0.2, -0.15) is 0 Å². The van der Waals surface area contributed by atoms with Gasteiger partial charge in [-0.05, 0) is 36.6 Å². The highest BCUT2D eigenvalue weighted by molar-refractivity contribution is 9.10. The normalized spacial score (nSPS) is 11.2. The van der Waals surface area contributed by atoms with Crippen molar-refractivity contribution >= 4 is 28.1 Å². The van der Waals surface area contributed by atoms with Crippen molar-refractivity contribution in [3.05, 3.63) is 64.4 Å². The van der Waals surface area contributed by atoms with Crippen LogP contribution in [0.2, 0.25) is 0 Å². The summed E-state index contributed by atoms with van der Waals surface area (Å²) in [6.07, 6.45) is 13.4. The molecule has 1 aromatic carbocycles. The van der Waals surface area contributed by atoms with Gasteiger partial charge in [0.25, 0.3) is 0 Å². The van der Waals surface area contributed by atoms with E-state index < -0.39 is 0 Å². The molecule has 2 aromatic rings. The Morgan fingerprint density at radius 2 is 1.64 bits per heavy atom. The van der Waals surface area contributed by atoms with Gasteiger partial charge in [0, 0.05) is 23.0 Å². The fraction of sp³-hybridized carbons (Fsp3) is 0.316. The van der Waals surface area contributed by atoms with Crippen molar-refractivity contribution in [2.45, 2.75) is 32.2 Å². The molecule has 1 heterocycles. The van der Waals surface area contributed by atoms with E-state index in [1.54, 1.807) is 0 Å². The van der Waals surface area contributed by atoms with Crippen molar-refractivity contribution in [1.29, 1.82) is 0 Å². The van der Waals surface area contributed by atoms with Crippen molar-refractivity contribution in [1.82, 2.24) is 0 Å². The zero-order chi connectivity index (χ0) is 15.6. The van der Waals surface area contributed by atoms with Crippen LogP contribution in [0.5, 0.6) is 0 Å². The van der Waals surface area contributed by atoms with Gasteiger partial charge < -0.3 is 5.73 Å². The lowest BCUT2D eigenvalue weighted by Crippen LogP contribution is -2.32. The van der Waals surface area contributed by atoms with Gasteiger partial charge in [-0.25, -0.2) is 4.57 Å². The molecule has 116 valence electrons. The number of nitrogens with zero attached hydrogens (tertiary/aromatic N) is 1. The summed E-state index contributed by atoms with van der Waals surface area (Å²) in [5.74, 6) is 0. The first-order valence-electron chi connectivity index (χ1n) is 7.91. The molecule has 0 aliphatic carbocycles. The van der Waals surface area contributed by atoms with Gasteiger partial charge in [0.1, 0.15) is 6.54 Å². The van der Waals surface area contributed by atoms with Gasteiger partial charge in [-0.15, -0.1) is 0 Å². The summed E-state index contributed by atoms with van der Waals surface area (Å²) in [4.78, 5) is 0. The van der Waals surface area contributed by atoms with Crippen LogP contribution in [0.4, 0.5) is 0 Å². The zero-order valence-corrected chi connectivity index (χ0v) is 14.5. The average Bonchev–Trinajstić information content (AvgIpc) is 2.55. The molecule has 2 N–H and O–H groups in total. The van der Waals surface area contributed by atoms with E-state index in [1.807, 2.05) is 12.1 Å². The van der Waals surface area contributed by atoms with Crippen LogP contribution in [0.15, 0.2) is 53.3 Å². The van der Waals surface area contributed by atoms with E-state index in [0.717, 1.165) is 24.0 Å². The monoisotopic (exact) mass is 359 g/mol. The lowest BCUT2D eigenvalue weighted by Gasteiger charge is -1.99. The molecule has 0 saturated carbocycles. The first-order chi connectivity index (χ1) is 10.8. The second kappa shape index (κ2) is 9.54. The van der Waals surface area contributed by atoms with Crippen LogP contribution in [0, 0.1) is 0 Å².